The minimum absolute atomic E-state index is 0.185. The van der Waals surface area contributed by atoms with Crippen LogP contribution in [0.4, 0.5) is 5.82 Å². The Balaban J connectivity index is 2.13. The summed E-state index contributed by atoms with van der Waals surface area (Å²) in [4.78, 5) is 16.1. The van der Waals surface area contributed by atoms with Crippen LogP contribution >= 0.6 is 11.3 Å². The van der Waals surface area contributed by atoms with Gasteiger partial charge < -0.3 is 11.1 Å². The molecule has 2 aromatic heterocycles. The molecule has 2 aromatic rings. The van der Waals surface area contributed by atoms with Crippen LogP contribution in [0, 0.1) is 0 Å². The molecular formula is C11H15N5OS. The molecular weight excluding hydrogens is 250 g/mol. The first kappa shape index (κ1) is 12.7. The Bertz CT molecular complexity index is 545. The normalized spacial score (nSPS) is 10.9. The molecule has 0 saturated carbocycles. The summed E-state index contributed by atoms with van der Waals surface area (Å²) in [5.74, 6) is 0.422. The van der Waals surface area contributed by atoms with E-state index in [9.17, 15) is 4.79 Å². The van der Waals surface area contributed by atoms with Crippen molar-refractivity contribution >= 4 is 23.1 Å². The number of nitrogens with one attached hydrogen (secondary N) is 1. The Hall–Kier alpha value is -1.73. The van der Waals surface area contributed by atoms with Gasteiger partial charge in [-0.05, 0) is 13.8 Å². The molecule has 0 radical (unpaired) electrons. The van der Waals surface area contributed by atoms with E-state index in [-0.39, 0.29) is 11.9 Å². The zero-order chi connectivity index (χ0) is 13.1. The monoisotopic (exact) mass is 265 g/mol. The highest BCUT2D eigenvalue weighted by molar-refractivity contribution is 7.09. The Morgan fingerprint density at radius 2 is 2.39 bits per heavy atom. The van der Waals surface area contributed by atoms with E-state index in [1.54, 1.807) is 22.3 Å². The van der Waals surface area contributed by atoms with E-state index in [4.69, 9.17) is 5.73 Å². The number of nitrogens with two attached hydrogens (primary N) is 1. The quantitative estimate of drug-likeness (QED) is 0.879. The maximum absolute atomic E-state index is 12.0. The highest BCUT2D eigenvalue weighted by Gasteiger charge is 2.13. The summed E-state index contributed by atoms with van der Waals surface area (Å²) in [5, 5.41) is 9.39. The number of nitrogens with zero attached hydrogens (tertiary/aromatic N) is 3. The Morgan fingerprint density at radius 3 is 3.00 bits per heavy atom. The second-order valence-corrected chi connectivity index (χ2v) is 4.98. The van der Waals surface area contributed by atoms with Crippen molar-refractivity contribution in [2.75, 3.05) is 5.32 Å². The lowest BCUT2D eigenvalue weighted by molar-refractivity contribution is 0.102. The number of aromatic nitrogens is 3. The largest absolute Gasteiger partial charge is 0.325 e. The molecule has 7 heteroatoms. The minimum atomic E-state index is -0.242. The van der Waals surface area contributed by atoms with E-state index in [1.165, 1.54) is 11.3 Å². The third-order valence-electron chi connectivity index (χ3n) is 2.36. The van der Waals surface area contributed by atoms with Crippen molar-refractivity contribution in [1.29, 1.82) is 0 Å². The summed E-state index contributed by atoms with van der Waals surface area (Å²) in [5.41, 5.74) is 5.85. The minimum Gasteiger partial charge on any atom is -0.325 e. The number of carbonyl (C=O) groups excluding carboxylic acids is 1. The van der Waals surface area contributed by atoms with E-state index >= 15 is 0 Å². The summed E-state index contributed by atoms with van der Waals surface area (Å²) in [7, 11) is 0. The first-order chi connectivity index (χ1) is 8.61. The van der Waals surface area contributed by atoms with Crippen LogP contribution in [0.25, 0.3) is 0 Å². The highest BCUT2D eigenvalue weighted by atomic mass is 32.1. The number of hydrogen-bond acceptors (Lipinski definition) is 5. The van der Waals surface area contributed by atoms with Gasteiger partial charge in [0.1, 0.15) is 16.5 Å². The van der Waals surface area contributed by atoms with Crippen LogP contribution in [0.1, 0.15) is 35.4 Å². The lowest BCUT2D eigenvalue weighted by Gasteiger charge is -2.10. The molecule has 2 heterocycles. The third kappa shape index (κ3) is 2.57. The number of amides is 1. The van der Waals surface area contributed by atoms with Crippen molar-refractivity contribution in [3.05, 3.63) is 28.3 Å². The van der Waals surface area contributed by atoms with E-state index < -0.39 is 0 Å². The summed E-state index contributed by atoms with van der Waals surface area (Å²) >= 11 is 1.38. The predicted molar refractivity (Wildman–Crippen MR) is 70.6 cm³/mol. The van der Waals surface area contributed by atoms with E-state index in [2.05, 4.69) is 15.4 Å². The Morgan fingerprint density at radius 1 is 1.61 bits per heavy atom. The second kappa shape index (κ2) is 5.28. The van der Waals surface area contributed by atoms with Crippen LogP contribution in [0.5, 0.6) is 0 Å². The molecule has 0 fully saturated rings. The molecule has 96 valence electrons. The van der Waals surface area contributed by atoms with Crippen molar-refractivity contribution < 1.29 is 4.79 Å². The fraction of sp³-hybridized carbons (Fsp3) is 0.364. The first-order valence-corrected chi connectivity index (χ1v) is 6.49. The smallest absolute Gasteiger partial charge is 0.276 e. The zero-order valence-electron chi connectivity index (χ0n) is 10.3. The highest BCUT2D eigenvalue weighted by Crippen LogP contribution is 2.15. The maximum atomic E-state index is 12.0. The van der Waals surface area contributed by atoms with Gasteiger partial charge in [-0.25, -0.2) is 9.67 Å². The van der Waals surface area contributed by atoms with Gasteiger partial charge in [-0.2, -0.15) is 5.10 Å². The van der Waals surface area contributed by atoms with Crippen LogP contribution in [0.3, 0.4) is 0 Å². The topological polar surface area (TPSA) is 85.8 Å². The summed E-state index contributed by atoms with van der Waals surface area (Å²) in [6.07, 6.45) is 1.65. The van der Waals surface area contributed by atoms with Gasteiger partial charge in [-0.1, -0.05) is 0 Å². The Kier molecular flexibility index (Phi) is 3.73. The summed E-state index contributed by atoms with van der Waals surface area (Å²) in [6.45, 7) is 4.35. The third-order valence-corrected chi connectivity index (χ3v) is 3.23. The summed E-state index contributed by atoms with van der Waals surface area (Å²) in [6, 6.07) is 1.94. The Labute approximate surface area is 109 Å². The zero-order valence-corrected chi connectivity index (χ0v) is 11.1. The molecule has 0 spiro atoms. The van der Waals surface area contributed by atoms with Crippen molar-refractivity contribution in [2.45, 2.75) is 26.4 Å². The van der Waals surface area contributed by atoms with Gasteiger partial charge in [0.15, 0.2) is 0 Å². The molecule has 0 aliphatic carbocycles. The summed E-state index contributed by atoms with van der Waals surface area (Å²) < 4.78 is 1.74. The number of anilines is 1. The molecule has 0 aliphatic heterocycles. The lowest BCUT2D eigenvalue weighted by Crippen LogP contribution is -2.17. The molecule has 0 aliphatic rings. The average Bonchev–Trinajstić information content (AvgIpc) is 2.96. The van der Waals surface area contributed by atoms with Crippen LogP contribution in [0.15, 0.2) is 17.6 Å². The molecule has 0 atom stereocenters. The average molecular weight is 265 g/mol. The van der Waals surface area contributed by atoms with Gasteiger partial charge in [0, 0.05) is 24.0 Å². The van der Waals surface area contributed by atoms with Crippen molar-refractivity contribution in [1.82, 2.24) is 14.8 Å². The number of rotatable bonds is 4. The SMILES string of the molecule is CC(C)n1nccc1NC(=O)c1csc(CN)n1. The molecule has 1 amide bonds. The lowest BCUT2D eigenvalue weighted by atomic mass is 10.4. The fourth-order valence-electron chi connectivity index (χ4n) is 1.51. The van der Waals surface area contributed by atoms with Gasteiger partial charge >= 0.3 is 0 Å². The molecule has 2 rings (SSSR count). The van der Waals surface area contributed by atoms with E-state index in [0.717, 1.165) is 5.01 Å². The van der Waals surface area contributed by atoms with Crippen molar-refractivity contribution in [2.24, 2.45) is 5.73 Å². The van der Waals surface area contributed by atoms with Gasteiger partial charge in [0.2, 0.25) is 0 Å². The number of thiazole rings is 1. The van der Waals surface area contributed by atoms with Crippen LogP contribution in [-0.4, -0.2) is 20.7 Å². The molecule has 0 bridgehead atoms. The molecule has 6 nitrogen and oxygen atoms in total. The van der Waals surface area contributed by atoms with Crippen LogP contribution in [-0.2, 0) is 6.54 Å². The molecule has 0 saturated heterocycles. The van der Waals surface area contributed by atoms with Crippen molar-refractivity contribution in [3.63, 3.8) is 0 Å². The predicted octanol–water partition coefficient (Wildman–Crippen LogP) is 1.63. The number of hydrogen-bond donors (Lipinski definition) is 2. The second-order valence-electron chi connectivity index (χ2n) is 4.04. The van der Waals surface area contributed by atoms with E-state index in [0.29, 0.717) is 18.1 Å². The van der Waals surface area contributed by atoms with Gasteiger partial charge in [0.25, 0.3) is 5.91 Å². The van der Waals surface area contributed by atoms with Gasteiger partial charge in [-0.15, -0.1) is 11.3 Å². The standard InChI is InChI=1S/C11H15N5OS/c1-7(2)16-9(3-4-13-16)15-11(17)8-6-18-10(5-12)14-8/h3-4,6-7H,5,12H2,1-2H3,(H,15,17). The van der Waals surface area contributed by atoms with E-state index in [1.807, 2.05) is 13.8 Å². The van der Waals surface area contributed by atoms with Crippen LogP contribution < -0.4 is 11.1 Å². The molecule has 0 unspecified atom stereocenters. The van der Waals surface area contributed by atoms with Gasteiger partial charge in [0.05, 0.1) is 6.20 Å². The van der Waals surface area contributed by atoms with Gasteiger partial charge in [-0.3, -0.25) is 4.79 Å². The maximum Gasteiger partial charge on any atom is 0.276 e. The fourth-order valence-corrected chi connectivity index (χ4v) is 2.17. The molecule has 0 aromatic carbocycles. The number of carbonyl (C=O) groups is 1. The molecule has 3 N–H and O–H groups in total. The molecule has 18 heavy (non-hydrogen) atoms. The first-order valence-electron chi connectivity index (χ1n) is 5.61. The van der Waals surface area contributed by atoms with Crippen LogP contribution in [0.2, 0.25) is 0 Å². The van der Waals surface area contributed by atoms with Crippen molar-refractivity contribution in [3.8, 4) is 0 Å².